The van der Waals surface area contributed by atoms with Crippen molar-refractivity contribution in [2.24, 2.45) is 0 Å². The van der Waals surface area contributed by atoms with E-state index in [2.05, 4.69) is 0 Å². The van der Waals surface area contributed by atoms with Gasteiger partial charge in [0.15, 0.2) is 5.76 Å². The van der Waals surface area contributed by atoms with Gasteiger partial charge in [-0.25, -0.2) is 4.79 Å². The number of carbonyl (C=O) groups is 2. The number of ketones is 1. The fourth-order valence-electron chi connectivity index (χ4n) is 2.25. The number of methoxy groups -OCH3 is 1. The number of carbonyl (C=O) groups excluding carboxylic acids is 1. The van der Waals surface area contributed by atoms with Crippen molar-refractivity contribution >= 4 is 17.8 Å². The highest BCUT2D eigenvalue weighted by Crippen LogP contribution is 2.33. The highest BCUT2D eigenvalue weighted by molar-refractivity contribution is 6.15. The molecule has 0 saturated heterocycles. The van der Waals surface area contributed by atoms with Crippen LogP contribution in [-0.4, -0.2) is 24.0 Å². The van der Waals surface area contributed by atoms with Gasteiger partial charge in [0.2, 0.25) is 5.78 Å². The fraction of sp³-hybridized carbons (Fsp3) is 0.0588. The zero-order chi connectivity index (χ0) is 15.7. The average Bonchev–Trinajstić information content (AvgIpc) is 2.83. The summed E-state index contributed by atoms with van der Waals surface area (Å²) in [7, 11) is 1.54. The lowest BCUT2D eigenvalue weighted by atomic mass is 10.1. The Morgan fingerprint density at radius 3 is 2.73 bits per heavy atom. The van der Waals surface area contributed by atoms with E-state index in [1.54, 1.807) is 25.3 Å². The van der Waals surface area contributed by atoms with Crippen molar-refractivity contribution in [1.29, 1.82) is 0 Å². The van der Waals surface area contributed by atoms with E-state index < -0.39 is 5.97 Å². The number of hydrogen-bond donors (Lipinski definition) is 1. The summed E-state index contributed by atoms with van der Waals surface area (Å²) in [5.41, 5.74) is 1.01. The molecule has 0 fully saturated rings. The second-order valence-electron chi connectivity index (χ2n) is 4.70. The maximum Gasteiger partial charge on any atom is 0.335 e. The average molecular weight is 296 g/mol. The number of hydrogen-bond acceptors (Lipinski definition) is 4. The van der Waals surface area contributed by atoms with Crippen LogP contribution in [0.1, 0.15) is 26.3 Å². The second-order valence-corrected chi connectivity index (χ2v) is 4.70. The van der Waals surface area contributed by atoms with Crippen molar-refractivity contribution in [3.63, 3.8) is 0 Å². The standard InChI is InChI=1S/C17H12O5/c1-21-13-5-3-2-4-10(13)9-15-16(18)12-8-11(17(19)20)6-7-14(12)22-15/h2-9H,1H3,(H,19,20). The van der Waals surface area contributed by atoms with Gasteiger partial charge in [0.1, 0.15) is 11.5 Å². The summed E-state index contributed by atoms with van der Waals surface area (Å²) in [5.74, 6) is -0.312. The van der Waals surface area contributed by atoms with Gasteiger partial charge in [-0.3, -0.25) is 4.79 Å². The van der Waals surface area contributed by atoms with Crippen LogP contribution < -0.4 is 9.47 Å². The van der Waals surface area contributed by atoms with Crippen molar-refractivity contribution in [3.8, 4) is 11.5 Å². The van der Waals surface area contributed by atoms with E-state index in [9.17, 15) is 9.59 Å². The van der Waals surface area contributed by atoms with E-state index in [0.717, 1.165) is 0 Å². The number of benzene rings is 2. The first kappa shape index (κ1) is 13.9. The monoisotopic (exact) mass is 296 g/mol. The van der Waals surface area contributed by atoms with E-state index in [1.807, 2.05) is 12.1 Å². The first-order valence-electron chi connectivity index (χ1n) is 6.55. The maximum absolute atomic E-state index is 12.3. The minimum absolute atomic E-state index is 0.0502. The number of allylic oxidation sites excluding steroid dienone is 1. The van der Waals surface area contributed by atoms with E-state index >= 15 is 0 Å². The molecule has 1 N–H and O–H groups in total. The van der Waals surface area contributed by atoms with E-state index in [4.69, 9.17) is 14.6 Å². The van der Waals surface area contributed by atoms with E-state index in [0.29, 0.717) is 17.1 Å². The molecule has 0 spiro atoms. The molecule has 0 atom stereocenters. The van der Waals surface area contributed by atoms with Crippen LogP contribution in [0.3, 0.4) is 0 Å². The Morgan fingerprint density at radius 2 is 2.00 bits per heavy atom. The van der Waals surface area contributed by atoms with Crippen molar-refractivity contribution < 1.29 is 24.2 Å². The molecule has 1 aliphatic heterocycles. The number of aromatic carboxylic acids is 1. The van der Waals surface area contributed by atoms with Crippen LogP contribution in [-0.2, 0) is 0 Å². The summed E-state index contributed by atoms with van der Waals surface area (Å²) in [6, 6.07) is 11.4. The lowest BCUT2D eigenvalue weighted by Crippen LogP contribution is -2.00. The molecule has 5 nitrogen and oxygen atoms in total. The van der Waals surface area contributed by atoms with Crippen LogP contribution in [0.2, 0.25) is 0 Å². The molecular weight excluding hydrogens is 284 g/mol. The summed E-state index contributed by atoms with van der Waals surface area (Å²) in [6.45, 7) is 0. The normalized spacial score (nSPS) is 14.6. The fourth-order valence-corrected chi connectivity index (χ4v) is 2.25. The molecule has 2 aromatic rings. The van der Waals surface area contributed by atoms with Gasteiger partial charge in [-0.05, 0) is 30.3 Å². The molecule has 0 radical (unpaired) electrons. The van der Waals surface area contributed by atoms with Gasteiger partial charge < -0.3 is 14.6 Å². The number of carboxylic acid groups (broad SMARTS) is 1. The molecule has 5 heteroatoms. The minimum Gasteiger partial charge on any atom is -0.496 e. The van der Waals surface area contributed by atoms with Crippen LogP contribution in [0, 0.1) is 0 Å². The first-order valence-corrected chi connectivity index (χ1v) is 6.55. The van der Waals surface area contributed by atoms with Gasteiger partial charge in [-0.2, -0.15) is 0 Å². The molecule has 2 aromatic carbocycles. The lowest BCUT2D eigenvalue weighted by molar-refractivity contribution is 0.0697. The third-order valence-electron chi connectivity index (χ3n) is 3.34. The molecule has 0 amide bonds. The molecule has 0 saturated carbocycles. The molecule has 110 valence electrons. The largest absolute Gasteiger partial charge is 0.496 e. The number of fused-ring (bicyclic) bond motifs is 1. The summed E-state index contributed by atoms with van der Waals surface area (Å²) >= 11 is 0. The van der Waals surface area contributed by atoms with Gasteiger partial charge >= 0.3 is 5.97 Å². The number of rotatable bonds is 3. The molecule has 0 aliphatic carbocycles. The maximum atomic E-state index is 12.3. The second kappa shape index (κ2) is 5.37. The van der Waals surface area contributed by atoms with Crippen molar-refractivity contribution in [2.45, 2.75) is 0 Å². The Hall–Kier alpha value is -3.08. The molecule has 0 aromatic heterocycles. The third kappa shape index (κ3) is 2.33. The smallest absolute Gasteiger partial charge is 0.335 e. The van der Waals surface area contributed by atoms with Gasteiger partial charge in [0.25, 0.3) is 0 Å². The quantitative estimate of drug-likeness (QED) is 0.881. The van der Waals surface area contributed by atoms with Crippen LogP contribution in [0.25, 0.3) is 6.08 Å². The van der Waals surface area contributed by atoms with Crippen LogP contribution in [0.15, 0.2) is 48.2 Å². The first-order chi connectivity index (χ1) is 10.6. The van der Waals surface area contributed by atoms with Crippen LogP contribution >= 0.6 is 0 Å². The Balaban J connectivity index is 2.00. The van der Waals surface area contributed by atoms with Gasteiger partial charge in [-0.15, -0.1) is 0 Å². The Kier molecular flexibility index (Phi) is 3.39. The molecule has 1 aliphatic rings. The summed E-state index contributed by atoms with van der Waals surface area (Å²) in [5, 5.41) is 8.99. The number of ether oxygens (including phenoxy) is 2. The molecule has 0 unspecified atom stereocenters. The SMILES string of the molecule is COc1ccccc1C=C1Oc2ccc(C(=O)O)cc2C1=O. The highest BCUT2D eigenvalue weighted by Gasteiger charge is 2.28. The van der Waals surface area contributed by atoms with Crippen molar-refractivity contribution in [1.82, 2.24) is 0 Å². The number of Topliss-reactive ketones (excluding diaryl/α,β-unsaturated/α-hetero) is 1. The zero-order valence-corrected chi connectivity index (χ0v) is 11.7. The Bertz CT molecular complexity index is 804. The third-order valence-corrected chi connectivity index (χ3v) is 3.34. The van der Waals surface area contributed by atoms with E-state index in [-0.39, 0.29) is 22.7 Å². The molecule has 3 rings (SSSR count). The lowest BCUT2D eigenvalue weighted by Gasteiger charge is -2.04. The number of para-hydroxylation sites is 1. The molecular formula is C17H12O5. The van der Waals surface area contributed by atoms with Gasteiger partial charge in [-0.1, -0.05) is 18.2 Å². The van der Waals surface area contributed by atoms with E-state index in [1.165, 1.54) is 18.2 Å². The predicted molar refractivity (Wildman–Crippen MR) is 79.3 cm³/mol. The van der Waals surface area contributed by atoms with Crippen molar-refractivity contribution in [2.75, 3.05) is 7.11 Å². The zero-order valence-electron chi connectivity index (χ0n) is 11.7. The molecule has 0 bridgehead atoms. The van der Waals surface area contributed by atoms with Gasteiger partial charge in [0, 0.05) is 5.56 Å². The Morgan fingerprint density at radius 1 is 1.23 bits per heavy atom. The van der Waals surface area contributed by atoms with Gasteiger partial charge in [0.05, 0.1) is 18.2 Å². The number of carboxylic acids is 1. The van der Waals surface area contributed by atoms with Crippen LogP contribution in [0.5, 0.6) is 11.5 Å². The summed E-state index contributed by atoms with van der Waals surface area (Å²) in [4.78, 5) is 23.3. The summed E-state index contributed by atoms with van der Waals surface area (Å²) < 4.78 is 10.7. The topological polar surface area (TPSA) is 72.8 Å². The summed E-state index contributed by atoms with van der Waals surface area (Å²) in [6.07, 6.45) is 1.58. The predicted octanol–water partition coefficient (Wildman–Crippen LogP) is 3.01. The molecule has 22 heavy (non-hydrogen) atoms. The molecule has 1 heterocycles. The minimum atomic E-state index is -1.09. The van der Waals surface area contributed by atoms with Crippen molar-refractivity contribution in [3.05, 3.63) is 64.9 Å². The van der Waals surface area contributed by atoms with Crippen LogP contribution in [0.4, 0.5) is 0 Å². The highest BCUT2D eigenvalue weighted by atomic mass is 16.5. The Labute approximate surface area is 126 Å².